The molecule has 2 nitrogen and oxygen atoms in total. The minimum atomic E-state index is 0.497. The molecule has 2 heteroatoms. The Bertz CT molecular complexity index is 242. The van der Waals surface area contributed by atoms with Crippen LogP contribution in [-0.4, -0.2) is 30.6 Å². The summed E-state index contributed by atoms with van der Waals surface area (Å²) in [5.41, 5.74) is 6.56. The van der Waals surface area contributed by atoms with Crippen LogP contribution in [0.25, 0.3) is 0 Å². The zero-order valence-electron chi connectivity index (χ0n) is 12.6. The van der Waals surface area contributed by atoms with Gasteiger partial charge in [-0.2, -0.15) is 0 Å². The molecule has 0 spiro atoms. The number of nitrogens with zero attached hydrogens (tertiary/aromatic N) is 1. The SMILES string of the molecule is CC(C)(C)C1CCC(C(CN)N2CCCC2)CC1. The summed E-state index contributed by atoms with van der Waals surface area (Å²) < 4.78 is 0. The first-order chi connectivity index (χ1) is 8.52. The molecule has 0 aromatic heterocycles. The summed E-state index contributed by atoms with van der Waals surface area (Å²) in [6.07, 6.45) is 8.40. The smallest absolute Gasteiger partial charge is 0.0246 e. The fourth-order valence-corrected chi connectivity index (χ4v) is 4.08. The highest BCUT2D eigenvalue weighted by atomic mass is 15.2. The molecule has 2 fully saturated rings. The monoisotopic (exact) mass is 252 g/mol. The third-order valence-corrected chi connectivity index (χ3v) is 5.39. The van der Waals surface area contributed by atoms with E-state index in [1.54, 1.807) is 0 Å². The van der Waals surface area contributed by atoms with E-state index in [0.717, 1.165) is 18.4 Å². The van der Waals surface area contributed by atoms with Gasteiger partial charge in [0.05, 0.1) is 0 Å². The first-order valence-corrected chi connectivity index (χ1v) is 7.96. The normalized spacial score (nSPS) is 32.7. The Balaban J connectivity index is 1.87. The highest BCUT2D eigenvalue weighted by Gasteiger charge is 2.34. The van der Waals surface area contributed by atoms with Crippen LogP contribution in [-0.2, 0) is 0 Å². The van der Waals surface area contributed by atoms with E-state index in [1.165, 1.54) is 51.6 Å². The fourth-order valence-electron chi connectivity index (χ4n) is 4.08. The van der Waals surface area contributed by atoms with Crippen molar-refractivity contribution >= 4 is 0 Å². The highest BCUT2D eigenvalue weighted by Crippen LogP contribution is 2.41. The van der Waals surface area contributed by atoms with Crippen LogP contribution in [0.3, 0.4) is 0 Å². The summed E-state index contributed by atoms with van der Waals surface area (Å²) in [7, 11) is 0. The van der Waals surface area contributed by atoms with E-state index in [-0.39, 0.29) is 0 Å². The molecule has 1 aliphatic heterocycles. The van der Waals surface area contributed by atoms with Crippen molar-refractivity contribution in [2.75, 3.05) is 19.6 Å². The van der Waals surface area contributed by atoms with Gasteiger partial charge in [-0.25, -0.2) is 0 Å². The molecule has 2 N–H and O–H groups in total. The lowest BCUT2D eigenvalue weighted by Gasteiger charge is -2.41. The molecule has 1 saturated carbocycles. The number of rotatable bonds is 3. The van der Waals surface area contributed by atoms with Crippen LogP contribution in [0.2, 0.25) is 0 Å². The van der Waals surface area contributed by atoms with Gasteiger partial charge >= 0.3 is 0 Å². The molecule has 0 amide bonds. The van der Waals surface area contributed by atoms with Gasteiger partial charge in [0.25, 0.3) is 0 Å². The second kappa shape index (κ2) is 5.92. The third-order valence-electron chi connectivity index (χ3n) is 5.39. The second-order valence-corrected chi connectivity index (χ2v) is 7.52. The molecule has 0 aromatic rings. The van der Waals surface area contributed by atoms with Gasteiger partial charge in [0.2, 0.25) is 0 Å². The Morgan fingerprint density at radius 1 is 1.06 bits per heavy atom. The van der Waals surface area contributed by atoms with Crippen molar-refractivity contribution in [2.24, 2.45) is 23.0 Å². The van der Waals surface area contributed by atoms with E-state index in [0.29, 0.717) is 11.5 Å². The van der Waals surface area contributed by atoms with E-state index in [9.17, 15) is 0 Å². The topological polar surface area (TPSA) is 29.3 Å². The number of hydrogen-bond acceptors (Lipinski definition) is 2. The minimum absolute atomic E-state index is 0.497. The molecule has 2 aliphatic rings. The molecule has 1 heterocycles. The predicted molar refractivity (Wildman–Crippen MR) is 78.6 cm³/mol. The lowest BCUT2D eigenvalue weighted by atomic mass is 9.68. The van der Waals surface area contributed by atoms with Gasteiger partial charge in [0, 0.05) is 12.6 Å². The van der Waals surface area contributed by atoms with Crippen molar-refractivity contribution < 1.29 is 0 Å². The van der Waals surface area contributed by atoms with Crippen molar-refractivity contribution in [1.29, 1.82) is 0 Å². The summed E-state index contributed by atoms with van der Waals surface area (Å²) in [6.45, 7) is 10.7. The van der Waals surface area contributed by atoms with E-state index >= 15 is 0 Å². The summed E-state index contributed by atoms with van der Waals surface area (Å²) in [5, 5.41) is 0. The van der Waals surface area contributed by atoms with Crippen LogP contribution < -0.4 is 5.73 Å². The summed E-state index contributed by atoms with van der Waals surface area (Å²) in [4.78, 5) is 2.67. The van der Waals surface area contributed by atoms with Gasteiger partial charge in [-0.05, 0) is 68.9 Å². The van der Waals surface area contributed by atoms with Crippen molar-refractivity contribution in [3.63, 3.8) is 0 Å². The molecule has 2 rings (SSSR count). The van der Waals surface area contributed by atoms with E-state index in [4.69, 9.17) is 5.73 Å². The molecular formula is C16H32N2. The molecule has 18 heavy (non-hydrogen) atoms. The van der Waals surface area contributed by atoms with Crippen molar-refractivity contribution in [2.45, 2.75) is 65.3 Å². The zero-order valence-corrected chi connectivity index (χ0v) is 12.6. The van der Waals surface area contributed by atoms with E-state index in [2.05, 4.69) is 25.7 Å². The maximum Gasteiger partial charge on any atom is 0.0246 e. The fraction of sp³-hybridized carbons (Fsp3) is 1.00. The summed E-state index contributed by atoms with van der Waals surface area (Å²) in [6, 6.07) is 0.674. The zero-order chi connectivity index (χ0) is 13.2. The molecule has 106 valence electrons. The third kappa shape index (κ3) is 3.27. The highest BCUT2D eigenvalue weighted by molar-refractivity contribution is 4.88. The molecule has 0 bridgehead atoms. The molecule has 1 atom stereocenters. The maximum atomic E-state index is 6.06. The van der Waals surface area contributed by atoms with Gasteiger partial charge < -0.3 is 5.73 Å². The number of hydrogen-bond donors (Lipinski definition) is 1. The van der Waals surface area contributed by atoms with E-state index < -0.39 is 0 Å². The molecule has 0 aromatic carbocycles. The van der Waals surface area contributed by atoms with Crippen molar-refractivity contribution in [3.05, 3.63) is 0 Å². The maximum absolute atomic E-state index is 6.06. The largest absolute Gasteiger partial charge is 0.329 e. The average Bonchev–Trinajstić information content (AvgIpc) is 2.83. The lowest BCUT2D eigenvalue weighted by molar-refractivity contribution is 0.0941. The van der Waals surface area contributed by atoms with Crippen LogP contribution in [0.1, 0.15) is 59.3 Å². The minimum Gasteiger partial charge on any atom is -0.329 e. The molecule has 1 aliphatic carbocycles. The Hall–Kier alpha value is -0.0800. The Kier molecular flexibility index (Phi) is 4.71. The number of nitrogens with two attached hydrogens (primary N) is 1. The molecular weight excluding hydrogens is 220 g/mol. The molecule has 1 saturated heterocycles. The Morgan fingerprint density at radius 2 is 1.61 bits per heavy atom. The molecule has 1 unspecified atom stereocenters. The second-order valence-electron chi connectivity index (χ2n) is 7.52. The van der Waals surface area contributed by atoms with Crippen LogP contribution >= 0.6 is 0 Å². The van der Waals surface area contributed by atoms with E-state index in [1.807, 2.05) is 0 Å². The summed E-state index contributed by atoms with van der Waals surface area (Å²) in [5.74, 6) is 1.79. The quantitative estimate of drug-likeness (QED) is 0.835. The summed E-state index contributed by atoms with van der Waals surface area (Å²) >= 11 is 0. The van der Waals surface area contributed by atoms with Gasteiger partial charge in [-0.3, -0.25) is 4.90 Å². The van der Waals surface area contributed by atoms with Crippen molar-refractivity contribution in [1.82, 2.24) is 4.90 Å². The van der Waals surface area contributed by atoms with Crippen LogP contribution in [0.15, 0.2) is 0 Å². The standard InChI is InChI=1S/C16H32N2/c1-16(2,3)14-8-6-13(7-9-14)15(12-17)18-10-4-5-11-18/h13-15H,4-12,17H2,1-3H3. The first-order valence-electron chi connectivity index (χ1n) is 7.96. The Labute approximate surface area is 113 Å². The Morgan fingerprint density at radius 3 is 2.06 bits per heavy atom. The van der Waals surface area contributed by atoms with Crippen LogP contribution in [0, 0.1) is 17.3 Å². The van der Waals surface area contributed by atoms with Crippen LogP contribution in [0.5, 0.6) is 0 Å². The predicted octanol–water partition coefficient (Wildman–Crippen LogP) is 3.26. The lowest BCUT2D eigenvalue weighted by Crippen LogP contribution is -2.45. The van der Waals surface area contributed by atoms with Gasteiger partial charge in [0.1, 0.15) is 0 Å². The van der Waals surface area contributed by atoms with Crippen molar-refractivity contribution in [3.8, 4) is 0 Å². The molecule has 0 radical (unpaired) electrons. The van der Waals surface area contributed by atoms with Crippen LogP contribution in [0.4, 0.5) is 0 Å². The van der Waals surface area contributed by atoms with Gasteiger partial charge in [-0.15, -0.1) is 0 Å². The van der Waals surface area contributed by atoms with Gasteiger partial charge in [-0.1, -0.05) is 20.8 Å². The first kappa shape index (κ1) is 14.3. The van der Waals surface area contributed by atoms with Gasteiger partial charge in [0.15, 0.2) is 0 Å². The number of likely N-dealkylation sites (tertiary alicyclic amines) is 1. The average molecular weight is 252 g/mol.